The number of aromatic hydroxyl groups is 1. The highest BCUT2D eigenvalue weighted by molar-refractivity contribution is 6.24. The Hall–Kier alpha value is -4.52. The van der Waals surface area contributed by atoms with Crippen molar-refractivity contribution in [1.82, 2.24) is 0 Å². The molecular weight excluding hydrogens is 518 g/mol. The third-order valence-electron chi connectivity index (χ3n) is 8.90. The number of fused-ring (bicyclic) bond motifs is 3. The van der Waals surface area contributed by atoms with Crippen molar-refractivity contribution < 1.29 is 29.0 Å². The molecular formula is C34H31NO6. The number of methoxy groups -OCH3 is 1. The van der Waals surface area contributed by atoms with Crippen molar-refractivity contribution in [2.24, 2.45) is 23.7 Å². The molecule has 0 bridgehead atoms. The minimum Gasteiger partial charge on any atom is -0.504 e. The number of ketones is 2. The fraction of sp³-hybridized carbons (Fsp3) is 0.294. The van der Waals surface area contributed by atoms with E-state index >= 15 is 0 Å². The zero-order valence-corrected chi connectivity index (χ0v) is 23.2. The Bertz CT molecular complexity index is 1620. The number of phenolic OH excluding ortho intramolecular Hbond substituents is 1. The van der Waals surface area contributed by atoms with Crippen molar-refractivity contribution in [3.8, 4) is 11.5 Å². The average Bonchev–Trinajstić information content (AvgIpc) is 3.24. The molecule has 3 aliphatic carbocycles. The van der Waals surface area contributed by atoms with Crippen LogP contribution in [-0.4, -0.2) is 35.6 Å². The number of carbonyl (C=O) groups is 4. The molecule has 0 radical (unpaired) electrons. The number of hydrogen-bond donors (Lipinski definition) is 1. The second-order valence-electron chi connectivity index (χ2n) is 11.1. The molecule has 6 rings (SSSR count). The number of hydrogen-bond acceptors (Lipinski definition) is 6. The number of phenols is 1. The standard InChI is InChI=1S/C34H31NO6/c1-4-19-5-9-21(10-6-19)35-33(39)24-13-12-22-23(11-7-20-8-14-27(36)29(16-20)41-3)30-26(17-25(22)31(24)34(35)40)32(38)18(2)15-28(30)37/h5-12,14-16,23-25,31,36H,4,13,17H2,1-3H3. The topological polar surface area (TPSA) is 101 Å². The van der Waals surface area contributed by atoms with Gasteiger partial charge in [-0.3, -0.25) is 24.1 Å². The van der Waals surface area contributed by atoms with Gasteiger partial charge in [-0.15, -0.1) is 0 Å². The highest BCUT2D eigenvalue weighted by Gasteiger charge is 2.56. The molecule has 7 nitrogen and oxygen atoms in total. The zero-order chi connectivity index (χ0) is 29.0. The molecule has 208 valence electrons. The molecule has 7 heteroatoms. The van der Waals surface area contributed by atoms with Crippen LogP contribution < -0.4 is 9.64 Å². The number of imide groups is 1. The van der Waals surface area contributed by atoms with E-state index < -0.39 is 17.8 Å². The van der Waals surface area contributed by atoms with Crippen molar-refractivity contribution in [2.75, 3.05) is 12.0 Å². The molecule has 1 N–H and O–H groups in total. The smallest absolute Gasteiger partial charge is 0.238 e. The van der Waals surface area contributed by atoms with Gasteiger partial charge in [0.05, 0.1) is 24.6 Å². The molecule has 0 spiro atoms. The highest BCUT2D eigenvalue weighted by atomic mass is 16.5. The van der Waals surface area contributed by atoms with Crippen LogP contribution in [0.3, 0.4) is 0 Å². The van der Waals surface area contributed by atoms with Gasteiger partial charge in [-0.25, -0.2) is 0 Å². The molecule has 2 aromatic carbocycles. The minimum absolute atomic E-state index is 0.0142. The van der Waals surface area contributed by atoms with Gasteiger partial charge in [-0.05, 0) is 73.6 Å². The molecule has 0 aromatic heterocycles. The van der Waals surface area contributed by atoms with Crippen LogP contribution in [0.25, 0.3) is 6.08 Å². The number of benzene rings is 2. The fourth-order valence-corrected chi connectivity index (χ4v) is 6.80. The lowest BCUT2D eigenvalue weighted by atomic mass is 9.60. The molecule has 4 atom stereocenters. The normalized spacial score (nSPS) is 25.7. The Labute approximate surface area is 238 Å². The van der Waals surface area contributed by atoms with E-state index in [-0.39, 0.29) is 41.5 Å². The van der Waals surface area contributed by atoms with E-state index in [0.29, 0.717) is 34.6 Å². The molecule has 2 amide bonds. The summed E-state index contributed by atoms with van der Waals surface area (Å²) in [5.41, 5.74) is 4.56. The van der Waals surface area contributed by atoms with E-state index in [1.807, 2.05) is 49.4 Å². The first-order valence-electron chi connectivity index (χ1n) is 14.0. The summed E-state index contributed by atoms with van der Waals surface area (Å²) >= 11 is 0. The number of anilines is 1. The lowest BCUT2D eigenvalue weighted by molar-refractivity contribution is -0.123. The molecule has 4 aliphatic rings. The highest BCUT2D eigenvalue weighted by Crippen LogP contribution is 2.53. The summed E-state index contributed by atoms with van der Waals surface area (Å²) in [6.07, 6.45) is 8.59. The molecule has 4 unspecified atom stereocenters. The Balaban J connectivity index is 1.41. The van der Waals surface area contributed by atoms with Gasteiger partial charge in [-0.1, -0.05) is 48.9 Å². The van der Waals surface area contributed by atoms with Crippen LogP contribution in [0.15, 0.2) is 83.0 Å². The first kappa shape index (κ1) is 26.7. The third kappa shape index (κ3) is 4.27. The lowest BCUT2D eigenvalue weighted by Gasteiger charge is -2.41. The quantitative estimate of drug-likeness (QED) is 0.315. The number of rotatable bonds is 5. The van der Waals surface area contributed by atoms with Gasteiger partial charge < -0.3 is 9.84 Å². The molecule has 0 saturated carbocycles. The van der Waals surface area contributed by atoms with Crippen LogP contribution in [0.2, 0.25) is 0 Å². The van der Waals surface area contributed by atoms with Crippen LogP contribution >= 0.6 is 0 Å². The summed E-state index contributed by atoms with van der Waals surface area (Å²) in [7, 11) is 1.47. The second-order valence-corrected chi connectivity index (χ2v) is 11.1. The maximum atomic E-state index is 14.0. The predicted octanol–water partition coefficient (Wildman–Crippen LogP) is 5.14. The SMILES string of the molecule is CCc1ccc(N2C(=O)C3CC=C4C(C=Cc5ccc(O)c(OC)c5)C5=C(CC4C3C2=O)C(=O)C(C)=CC5=O)cc1. The third-order valence-corrected chi connectivity index (χ3v) is 8.90. The van der Waals surface area contributed by atoms with E-state index in [1.165, 1.54) is 24.2 Å². The second kappa shape index (κ2) is 10.1. The van der Waals surface area contributed by atoms with Crippen LogP contribution in [0.4, 0.5) is 5.69 Å². The van der Waals surface area contributed by atoms with Gasteiger partial charge in [0.15, 0.2) is 23.1 Å². The predicted molar refractivity (Wildman–Crippen MR) is 154 cm³/mol. The molecule has 41 heavy (non-hydrogen) atoms. The number of Topliss-reactive ketones (excluding diaryl/α,β-unsaturated/α-hetero) is 1. The van der Waals surface area contributed by atoms with Gasteiger partial charge >= 0.3 is 0 Å². The molecule has 1 heterocycles. The summed E-state index contributed by atoms with van der Waals surface area (Å²) in [5.74, 6) is -2.55. The number of allylic oxidation sites excluding steroid dienone is 7. The van der Waals surface area contributed by atoms with E-state index in [0.717, 1.165) is 23.1 Å². The Morgan fingerprint density at radius 3 is 2.49 bits per heavy atom. The fourth-order valence-electron chi connectivity index (χ4n) is 6.80. The minimum atomic E-state index is -0.610. The van der Waals surface area contributed by atoms with Crippen molar-refractivity contribution >= 4 is 35.1 Å². The molecule has 1 fully saturated rings. The number of carbonyl (C=O) groups excluding carboxylic acids is 4. The van der Waals surface area contributed by atoms with E-state index in [1.54, 1.807) is 19.1 Å². The van der Waals surface area contributed by atoms with Crippen LogP contribution in [0.1, 0.15) is 37.8 Å². The van der Waals surface area contributed by atoms with Crippen molar-refractivity contribution in [2.45, 2.75) is 33.1 Å². The monoisotopic (exact) mass is 549 g/mol. The van der Waals surface area contributed by atoms with Crippen LogP contribution in [0, 0.1) is 23.7 Å². The lowest BCUT2D eigenvalue weighted by Crippen LogP contribution is -2.40. The molecule has 2 aromatic rings. The number of ether oxygens (including phenoxy) is 1. The summed E-state index contributed by atoms with van der Waals surface area (Å²) in [4.78, 5) is 55.6. The van der Waals surface area contributed by atoms with Crippen molar-refractivity contribution in [3.63, 3.8) is 0 Å². The van der Waals surface area contributed by atoms with Gasteiger partial charge in [0.25, 0.3) is 0 Å². The largest absolute Gasteiger partial charge is 0.504 e. The maximum absolute atomic E-state index is 14.0. The summed E-state index contributed by atoms with van der Waals surface area (Å²) in [6.45, 7) is 3.69. The Morgan fingerprint density at radius 2 is 1.78 bits per heavy atom. The van der Waals surface area contributed by atoms with Crippen LogP contribution in [0.5, 0.6) is 11.5 Å². The molecule has 1 aliphatic heterocycles. The Morgan fingerprint density at radius 1 is 1.02 bits per heavy atom. The average molecular weight is 550 g/mol. The van der Waals surface area contributed by atoms with E-state index in [4.69, 9.17) is 4.74 Å². The van der Waals surface area contributed by atoms with Gasteiger partial charge in [0.1, 0.15) is 0 Å². The van der Waals surface area contributed by atoms with Gasteiger partial charge in [-0.2, -0.15) is 0 Å². The van der Waals surface area contributed by atoms with Crippen molar-refractivity contribution in [1.29, 1.82) is 0 Å². The number of nitrogens with zero attached hydrogens (tertiary/aromatic N) is 1. The zero-order valence-electron chi connectivity index (χ0n) is 23.2. The maximum Gasteiger partial charge on any atom is 0.238 e. The summed E-state index contributed by atoms with van der Waals surface area (Å²) in [6, 6.07) is 12.4. The number of amides is 2. The first-order chi connectivity index (χ1) is 19.7. The van der Waals surface area contributed by atoms with Crippen LogP contribution in [-0.2, 0) is 25.6 Å². The van der Waals surface area contributed by atoms with Gasteiger partial charge in [0.2, 0.25) is 11.8 Å². The van der Waals surface area contributed by atoms with E-state index in [9.17, 15) is 24.3 Å². The Kier molecular flexibility index (Phi) is 6.60. The molecule has 1 saturated heterocycles. The van der Waals surface area contributed by atoms with E-state index in [2.05, 4.69) is 0 Å². The summed E-state index contributed by atoms with van der Waals surface area (Å²) < 4.78 is 5.24. The van der Waals surface area contributed by atoms with Crippen molar-refractivity contribution in [3.05, 3.63) is 94.1 Å². The number of aryl methyl sites for hydroxylation is 1. The summed E-state index contributed by atoms with van der Waals surface area (Å²) in [5, 5.41) is 9.99. The van der Waals surface area contributed by atoms with Gasteiger partial charge in [0, 0.05) is 22.6 Å². The first-order valence-corrected chi connectivity index (χ1v) is 14.0.